The van der Waals surface area contributed by atoms with Crippen molar-refractivity contribution < 1.29 is 14.3 Å². The van der Waals surface area contributed by atoms with Crippen molar-refractivity contribution in [1.82, 2.24) is 15.5 Å². The van der Waals surface area contributed by atoms with Gasteiger partial charge in [0.05, 0.1) is 6.10 Å². The molecule has 2 N–H and O–H groups in total. The quantitative estimate of drug-likeness (QED) is 0.728. The molecule has 6 heteroatoms. The minimum atomic E-state index is -0.478. The van der Waals surface area contributed by atoms with E-state index in [-0.39, 0.29) is 5.91 Å². The molecule has 0 bridgehead atoms. The first-order valence-corrected chi connectivity index (χ1v) is 8.93. The third kappa shape index (κ3) is 6.69. The number of hydrogen-bond donors (Lipinski definition) is 2. The van der Waals surface area contributed by atoms with Gasteiger partial charge in [-0.1, -0.05) is 39.0 Å². The van der Waals surface area contributed by atoms with Gasteiger partial charge in [-0.05, 0) is 18.8 Å². The van der Waals surface area contributed by atoms with Gasteiger partial charge in [-0.25, -0.2) is 0 Å². The Kier molecular flexibility index (Phi) is 7.52. The average Bonchev–Trinajstić information content (AvgIpc) is 3.05. The number of hydrogen-bond acceptors (Lipinski definition) is 5. The van der Waals surface area contributed by atoms with E-state index in [9.17, 15) is 9.90 Å². The van der Waals surface area contributed by atoms with Gasteiger partial charge in [0.2, 0.25) is 17.7 Å². The molecule has 1 aliphatic carbocycles. The zero-order chi connectivity index (χ0) is 16.5. The third-order valence-corrected chi connectivity index (χ3v) is 4.57. The lowest BCUT2D eigenvalue weighted by molar-refractivity contribution is -0.121. The van der Waals surface area contributed by atoms with Gasteiger partial charge >= 0.3 is 0 Å². The van der Waals surface area contributed by atoms with Gasteiger partial charge in [-0.15, -0.1) is 10.2 Å². The first-order chi connectivity index (χ1) is 11.2. The minimum Gasteiger partial charge on any atom is -0.425 e. The molecule has 0 unspecified atom stereocenters. The van der Waals surface area contributed by atoms with Crippen molar-refractivity contribution in [3.8, 4) is 0 Å². The van der Waals surface area contributed by atoms with E-state index in [0.717, 1.165) is 18.8 Å². The molecule has 0 aliphatic heterocycles. The summed E-state index contributed by atoms with van der Waals surface area (Å²) >= 11 is 0. The highest BCUT2D eigenvalue weighted by atomic mass is 16.4. The number of aryl methyl sites for hydroxylation is 2. The van der Waals surface area contributed by atoms with Crippen molar-refractivity contribution >= 4 is 5.91 Å². The van der Waals surface area contributed by atoms with E-state index >= 15 is 0 Å². The average molecular weight is 323 g/mol. The summed E-state index contributed by atoms with van der Waals surface area (Å²) in [7, 11) is 0. The topological polar surface area (TPSA) is 88.2 Å². The second kappa shape index (κ2) is 9.65. The molecule has 1 atom stereocenters. The van der Waals surface area contributed by atoms with E-state index in [1.54, 1.807) is 0 Å². The largest absolute Gasteiger partial charge is 0.425 e. The normalized spacial score (nSPS) is 17.1. The molecule has 1 heterocycles. The van der Waals surface area contributed by atoms with Crippen LogP contribution in [-0.4, -0.2) is 33.9 Å². The van der Waals surface area contributed by atoms with Crippen molar-refractivity contribution in [3.63, 3.8) is 0 Å². The fourth-order valence-corrected chi connectivity index (χ4v) is 2.98. The maximum Gasteiger partial charge on any atom is 0.220 e. The predicted octanol–water partition coefficient (Wildman–Crippen LogP) is 2.40. The standard InChI is InChI=1S/C17H29N3O3/c1-2-14(21)12-18-15(22)9-11-17-20-19-16(23-17)10-8-13-6-4-3-5-7-13/h13-14,21H,2-12H2,1H3,(H,18,22)/t14-/m1/s1. The lowest BCUT2D eigenvalue weighted by Gasteiger charge is -2.20. The summed E-state index contributed by atoms with van der Waals surface area (Å²) in [6.45, 7) is 2.18. The Labute approximate surface area is 138 Å². The molecule has 1 aromatic rings. The Morgan fingerprint density at radius 1 is 1.26 bits per heavy atom. The highest BCUT2D eigenvalue weighted by Crippen LogP contribution is 2.27. The predicted molar refractivity (Wildman–Crippen MR) is 86.8 cm³/mol. The van der Waals surface area contributed by atoms with Crippen molar-refractivity contribution in [2.75, 3.05) is 6.54 Å². The molecule has 1 fully saturated rings. The second-order valence-corrected chi connectivity index (χ2v) is 6.50. The minimum absolute atomic E-state index is 0.0977. The molecule has 0 saturated heterocycles. The first-order valence-electron chi connectivity index (χ1n) is 8.93. The van der Waals surface area contributed by atoms with Crippen molar-refractivity contribution in [1.29, 1.82) is 0 Å². The molecule has 1 saturated carbocycles. The van der Waals surface area contributed by atoms with Crippen molar-refractivity contribution in [3.05, 3.63) is 11.8 Å². The summed E-state index contributed by atoms with van der Waals surface area (Å²) in [6, 6.07) is 0. The van der Waals surface area contributed by atoms with Crippen LogP contribution in [0.2, 0.25) is 0 Å². The van der Waals surface area contributed by atoms with Crippen LogP contribution in [0.25, 0.3) is 0 Å². The van der Waals surface area contributed by atoms with Crippen LogP contribution in [0.15, 0.2) is 4.42 Å². The molecule has 130 valence electrons. The number of aliphatic hydroxyl groups is 1. The summed E-state index contributed by atoms with van der Waals surface area (Å²) in [5, 5.41) is 20.2. The third-order valence-electron chi connectivity index (χ3n) is 4.57. The molecule has 6 nitrogen and oxygen atoms in total. The molecular weight excluding hydrogens is 294 g/mol. The molecular formula is C17H29N3O3. The van der Waals surface area contributed by atoms with Crippen LogP contribution in [-0.2, 0) is 17.6 Å². The molecule has 23 heavy (non-hydrogen) atoms. The van der Waals surface area contributed by atoms with Crippen molar-refractivity contribution in [2.24, 2.45) is 5.92 Å². The number of aromatic nitrogens is 2. The zero-order valence-electron chi connectivity index (χ0n) is 14.1. The highest BCUT2D eigenvalue weighted by Gasteiger charge is 2.15. The number of carbonyl (C=O) groups is 1. The van der Waals surface area contributed by atoms with Gasteiger partial charge < -0.3 is 14.8 Å². The lowest BCUT2D eigenvalue weighted by atomic mass is 9.86. The second-order valence-electron chi connectivity index (χ2n) is 6.50. The van der Waals surface area contributed by atoms with Crippen LogP contribution in [0.4, 0.5) is 0 Å². The highest BCUT2D eigenvalue weighted by molar-refractivity contribution is 5.76. The number of carbonyl (C=O) groups excluding carboxylic acids is 1. The Balaban J connectivity index is 1.64. The summed E-state index contributed by atoms with van der Waals surface area (Å²) in [5.74, 6) is 1.91. The van der Waals surface area contributed by atoms with Gasteiger partial charge in [0.15, 0.2) is 0 Å². The molecule has 1 aliphatic rings. The summed E-state index contributed by atoms with van der Waals surface area (Å²) in [5.41, 5.74) is 0. The molecule has 2 rings (SSSR count). The summed E-state index contributed by atoms with van der Waals surface area (Å²) < 4.78 is 5.62. The van der Waals surface area contributed by atoms with E-state index in [0.29, 0.717) is 37.6 Å². The fraction of sp³-hybridized carbons (Fsp3) is 0.824. The SMILES string of the molecule is CC[C@@H](O)CNC(=O)CCc1nnc(CCC2CCCCC2)o1. The van der Waals surface area contributed by atoms with Crippen LogP contribution in [0.1, 0.15) is 70.1 Å². The molecule has 0 spiro atoms. The number of amides is 1. The number of nitrogens with one attached hydrogen (secondary N) is 1. The van der Waals surface area contributed by atoms with Gasteiger partial charge in [0, 0.05) is 25.8 Å². The molecule has 1 aromatic heterocycles. The zero-order valence-corrected chi connectivity index (χ0v) is 14.1. The molecule has 1 amide bonds. The van der Waals surface area contributed by atoms with Gasteiger partial charge in [0.1, 0.15) is 0 Å². The van der Waals surface area contributed by atoms with Crippen LogP contribution >= 0.6 is 0 Å². The maximum atomic E-state index is 11.7. The monoisotopic (exact) mass is 323 g/mol. The van der Waals surface area contributed by atoms with Gasteiger partial charge in [0.25, 0.3) is 0 Å². The van der Waals surface area contributed by atoms with Gasteiger partial charge in [-0.3, -0.25) is 4.79 Å². The Bertz CT molecular complexity index is 469. The van der Waals surface area contributed by atoms with Crippen LogP contribution < -0.4 is 5.32 Å². The Hall–Kier alpha value is -1.43. The number of nitrogens with zero attached hydrogens (tertiary/aromatic N) is 2. The van der Waals surface area contributed by atoms with E-state index in [1.165, 1.54) is 32.1 Å². The first kappa shape index (κ1) is 17.9. The summed E-state index contributed by atoms with van der Waals surface area (Å²) in [6.07, 6.45) is 9.59. The number of aliphatic hydroxyl groups excluding tert-OH is 1. The van der Waals surface area contributed by atoms with Gasteiger partial charge in [-0.2, -0.15) is 0 Å². The van der Waals surface area contributed by atoms with Crippen LogP contribution in [0, 0.1) is 5.92 Å². The Morgan fingerprint density at radius 3 is 2.65 bits per heavy atom. The lowest BCUT2D eigenvalue weighted by Crippen LogP contribution is -2.31. The molecule has 0 radical (unpaired) electrons. The van der Waals surface area contributed by atoms with Crippen LogP contribution in [0.3, 0.4) is 0 Å². The van der Waals surface area contributed by atoms with E-state index in [2.05, 4.69) is 15.5 Å². The summed E-state index contributed by atoms with van der Waals surface area (Å²) in [4.78, 5) is 11.7. The smallest absolute Gasteiger partial charge is 0.220 e. The van der Waals surface area contributed by atoms with Crippen molar-refractivity contribution in [2.45, 2.75) is 77.2 Å². The van der Waals surface area contributed by atoms with E-state index in [1.807, 2.05) is 6.92 Å². The van der Waals surface area contributed by atoms with E-state index in [4.69, 9.17) is 4.42 Å². The number of rotatable bonds is 9. The fourth-order valence-electron chi connectivity index (χ4n) is 2.98. The van der Waals surface area contributed by atoms with Crippen LogP contribution in [0.5, 0.6) is 0 Å². The van der Waals surface area contributed by atoms with E-state index < -0.39 is 6.10 Å². The molecule has 0 aromatic carbocycles. The Morgan fingerprint density at radius 2 is 1.96 bits per heavy atom. The maximum absolute atomic E-state index is 11.7.